The molecule has 5 amide bonds. The molecule has 4 N–H and O–H groups in total. The molecule has 0 spiro atoms. The van der Waals surface area contributed by atoms with Crippen molar-refractivity contribution in [3.05, 3.63) is 0 Å². The summed E-state index contributed by atoms with van der Waals surface area (Å²) < 4.78 is 25.7. The van der Waals surface area contributed by atoms with Crippen molar-refractivity contribution in [2.45, 2.75) is 159 Å². The van der Waals surface area contributed by atoms with Gasteiger partial charge in [-0.05, 0) is 83.7 Å². The van der Waals surface area contributed by atoms with Crippen LogP contribution in [0.15, 0.2) is 0 Å². The third-order valence-electron chi connectivity index (χ3n) is 10.4. The van der Waals surface area contributed by atoms with Crippen LogP contribution >= 0.6 is 6.89 Å². The molecule has 4 atom stereocenters. The second-order valence-corrected chi connectivity index (χ2v) is 24.6. The number of carbonyl (C=O) groups is 5. The first kappa shape index (κ1) is 42.0. The van der Waals surface area contributed by atoms with E-state index in [9.17, 15) is 32.4 Å². The monoisotopic (exact) mass is 741 g/mol. The fourth-order valence-electron chi connectivity index (χ4n) is 6.74. The van der Waals surface area contributed by atoms with Gasteiger partial charge in [0.05, 0.1) is 22.1 Å². The van der Waals surface area contributed by atoms with E-state index >= 15 is 0 Å². The molecule has 1 aliphatic heterocycles. The van der Waals surface area contributed by atoms with E-state index in [2.05, 4.69) is 40.9 Å². The molecule has 1 saturated heterocycles. The summed E-state index contributed by atoms with van der Waals surface area (Å²) in [4.78, 5) is 69.7. The van der Waals surface area contributed by atoms with E-state index in [-0.39, 0.29) is 24.0 Å². The molecule has 12 nitrogen and oxygen atoms in total. The molecular weight excluding hydrogens is 677 g/mol. The summed E-state index contributed by atoms with van der Waals surface area (Å²) >= 11 is 0. The topological polar surface area (TPSA) is 171 Å². The van der Waals surface area contributed by atoms with Crippen LogP contribution in [0.2, 0.25) is 0 Å². The smallest absolute Gasteiger partial charge is 0.315 e. The Labute approximate surface area is 300 Å². The molecule has 0 aromatic heterocycles. The van der Waals surface area contributed by atoms with Crippen LogP contribution in [-0.4, -0.2) is 115 Å². The molecule has 286 valence electrons. The maximum Gasteiger partial charge on any atom is 0.315 e. The number of hydrogen-bond acceptors (Lipinski definition) is 7. The summed E-state index contributed by atoms with van der Waals surface area (Å²) in [7, 11) is -3.57. The maximum absolute atomic E-state index is 14.5. The van der Waals surface area contributed by atoms with Gasteiger partial charge >= 0.3 is 6.03 Å². The summed E-state index contributed by atoms with van der Waals surface area (Å²) in [5.74, 6) is -2.53. The van der Waals surface area contributed by atoms with Gasteiger partial charge in [0, 0.05) is 12.6 Å². The van der Waals surface area contributed by atoms with Gasteiger partial charge in [0.15, 0.2) is 9.84 Å². The number of hydrogen-bond donors (Lipinski definition) is 4. The minimum Gasteiger partial charge on any atom is -0.347 e. The zero-order valence-corrected chi connectivity index (χ0v) is 33.7. The van der Waals surface area contributed by atoms with Crippen LogP contribution in [0.1, 0.15) is 119 Å². The largest absolute Gasteiger partial charge is 0.347 e. The number of nitrogens with zero attached hydrogens (tertiary/aromatic N) is 1. The molecule has 3 rings (SSSR count). The second kappa shape index (κ2) is 16.1. The molecule has 3 fully saturated rings. The fraction of sp³-hybridized carbons (Fsp3) is 0.833. The summed E-state index contributed by atoms with van der Waals surface area (Å²) in [6.45, 7) is 15.0. The number of rotatable bonds is 14. The van der Waals surface area contributed by atoms with Crippen LogP contribution < -0.4 is 21.3 Å². The molecular formula is C36H64N5O7PS. The molecule has 0 bridgehead atoms. The van der Waals surface area contributed by atoms with Gasteiger partial charge in [-0.3, -0.25) is 19.2 Å². The first-order valence-electron chi connectivity index (χ1n) is 18.4. The molecule has 0 aromatic carbocycles. The van der Waals surface area contributed by atoms with Gasteiger partial charge in [-0.15, -0.1) is 13.2 Å². The van der Waals surface area contributed by atoms with Crippen LogP contribution in [0.3, 0.4) is 0 Å². The number of Topliss-reactive ketones (excluding diaryl/α,β-unsaturated/α-hetero) is 1. The van der Waals surface area contributed by atoms with Crippen molar-refractivity contribution in [3.8, 4) is 0 Å². The number of unbranched alkanes of at least 4 members (excludes halogenated alkanes) is 1. The zero-order valence-electron chi connectivity index (χ0n) is 31.9. The maximum atomic E-state index is 14.5. The van der Waals surface area contributed by atoms with E-state index in [0.29, 0.717) is 32.1 Å². The Morgan fingerprint density at radius 1 is 0.960 bits per heavy atom. The Morgan fingerprint density at radius 2 is 1.56 bits per heavy atom. The van der Waals surface area contributed by atoms with Crippen LogP contribution in [0, 0.1) is 5.41 Å². The average molecular weight is 742 g/mol. The van der Waals surface area contributed by atoms with Crippen molar-refractivity contribution in [2.75, 3.05) is 25.6 Å². The van der Waals surface area contributed by atoms with Crippen LogP contribution in [0.25, 0.3) is 0 Å². The SMILES string of the molecule is C=P(C)(C)[C@@H]1C[C@@H](C(=O)N[C@H](CCCC)C(=O)C(=O)NC2CC2)N(C(=O)[C@@H](NC(=O)NC2(CS(=O)(=O)C(C)(C)C)CCCCC2)C(C)(C)C)C1. The van der Waals surface area contributed by atoms with Crippen molar-refractivity contribution >= 4 is 52.6 Å². The number of nitrogens with one attached hydrogen (secondary N) is 4. The molecule has 3 aliphatic rings. The van der Waals surface area contributed by atoms with Gasteiger partial charge in [-0.1, -0.05) is 59.8 Å². The molecule has 2 aliphatic carbocycles. The minimum atomic E-state index is -3.57. The van der Waals surface area contributed by atoms with E-state index in [0.717, 1.165) is 38.5 Å². The fourth-order valence-corrected chi connectivity index (χ4v) is 9.65. The molecule has 50 heavy (non-hydrogen) atoms. The first-order chi connectivity index (χ1) is 22.9. The van der Waals surface area contributed by atoms with E-state index in [4.69, 9.17) is 0 Å². The van der Waals surface area contributed by atoms with Crippen molar-refractivity contribution < 1.29 is 32.4 Å². The third kappa shape index (κ3) is 11.1. The van der Waals surface area contributed by atoms with Crippen LogP contribution in [0.4, 0.5) is 4.79 Å². The lowest BCUT2D eigenvalue weighted by atomic mass is 9.83. The lowest BCUT2D eigenvalue weighted by molar-refractivity contribution is -0.143. The number of urea groups is 1. The quantitative estimate of drug-likeness (QED) is 0.155. The normalized spacial score (nSPS) is 22.6. The van der Waals surface area contributed by atoms with Crippen LogP contribution in [-0.2, 0) is 29.0 Å². The van der Waals surface area contributed by atoms with E-state index < -0.39 is 80.1 Å². The molecule has 14 heteroatoms. The zero-order chi connectivity index (χ0) is 37.9. The first-order valence-corrected chi connectivity index (χ1v) is 22.9. The lowest BCUT2D eigenvalue weighted by Gasteiger charge is -2.41. The van der Waals surface area contributed by atoms with Crippen molar-refractivity contribution in [1.82, 2.24) is 26.2 Å². The standard InChI is InChI=1S/C36H64N5O7PS/c1-11-12-16-26(28(42)31(44)37-24-17-18-24)38-30(43)27-21-25(49(8,9)10)22-41(27)32(45)29(34(2,3)4)39-33(46)40-36(19-14-13-15-20-36)23-50(47,48)35(5,6)7/h24-27,29H,8,11-23H2,1-7,9-10H3,(H,37,44)(H,38,43)(H2,39,40,46)/t25-,26-,27+,29-/m1/s1. The number of likely N-dealkylation sites (tertiary alicyclic amines) is 1. The average Bonchev–Trinajstić information content (AvgIpc) is 3.67. The Morgan fingerprint density at radius 3 is 2.06 bits per heavy atom. The van der Waals surface area contributed by atoms with Gasteiger partial charge < -0.3 is 26.2 Å². The summed E-state index contributed by atoms with van der Waals surface area (Å²) in [5.41, 5.74) is -1.79. The van der Waals surface area contributed by atoms with Gasteiger partial charge in [0.2, 0.25) is 17.6 Å². The Kier molecular flexibility index (Phi) is 13.5. The van der Waals surface area contributed by atoms with Gasteiger partial charge in [-0.25, -0.2) is 13.2 Å². The number of ketones is 1. The van der Waals surface area contributed by atoms with Gasteiger partial charge in [0.25, 0.3) is 5.91 Å². The minimum absolute atomic E-state index is 0.00384. The van der Waals surface area contributed by atoms with Crippen molar-refractivity contribution in [2.24, 2.45) is 5.41 Å². The molecule has 1 heterocycles. The highest BCUT2D eigenvalue weighted by Gasteiger charge is 2.48. The third-order valence-corrected chi connectivity index (χ3v) is 15.6. The molecule has 0 radical (unpaired) electrons. The second-order valence-electron chi connectivity index (χ2n) is 17.6. The Bertz CT molecular complexity index is 1430. The van der Waals surface area contributed by atoms with Crippen molar-refractivity contribution in [3.63, 3.8) is 0 Å². The van der Waals surface area contributed by atoms with Gasteiger partial charge in [0.1, 0.15) is 12.1 Å². The number of carbonyl (C=O) groups excluding carboxylic acids is 5. The Hall–Kier alpha value is -2.40. The lowest BCUT2D eigenvalue weighted by Crippen LogP contribution is -2.63. The number of amides is 5. The summed E-state index contributed by atoms with van der Waals surface area (Å²) in [6, 6.07) is -3.62. The van der Waals surface area contributed by atoms with E-state index in [1.807, 2.05) is 27.7 Å². The molecule has 0 aromatic rings. The van der Waals surface area contributed by atoms with Gasteiger partial charge in [-0.2, -0.15) is 0 Å². The summed E-state index contributed by atoms with van der Waals surface area (Å²) in [5, 5.41) is 11.4. The predicted molar refractivity (Wildman–Crippen MR) is 202 cm³/mol. The van der Waals surface area contributed by atoms with Crippen LogP contribution in [0.5, 0.6) is 0 Å². The predicted octanol–water partition coefficient (Wildman–Crippen LogP) is 3.82. The Balaban J connectivity index is 1.88. The number of sulfone groups is 1. The molecule has 0 unspecified atom stereocenters. The van der Waals surface area contributed by atoms with Crippen molar-refractivity contribution in [1.29, 1.82) is 0 Å². The molecule has 2 saturated carbocycles. The highest BCUT2D eigenvalue weighted by atomic mass is 32.2. The highest BCUT2D eigenvalue weighted by molar-refractivity contribution is 7.92. The highest BCUT2D eigenvalue weighted by Crippen LogP contribution is 2.48. The van der Waals surface area contributed by atoms with E-state index in [1.54, 1.807) is 20.8 Å². The van der Waals surface area contributed by atoms with E-state index in [1.165, 1.54) is 4.90 Å². The summed E-state index contributed by atoms with van der Waals surface area (Å²) in [6.07, 6.45) is 11.6.